The number of amides is 2. The third-order valence-corrected chi connectivity index (χ3v) is 0.570. The summed E-state index contributed by atoms with van der Waals surface area (Å²) in [6, 6.07) is 0. The molecule has 0 radical (unpaired) electrons. The van der Waals surface area contributed by atoms with E-state index in [4.69, 9.17) is 9.90 Å². The molecule has 0 aromatic heterocycles. The molecule has 0 spiro atoms. The van der Waals surface area contributed by atoms with Gasteiger partial charge in [0.05, 0.1) is 6.42 Å². The monoisotopic (exact) mass is 177 g/mol. The zero-order chi connectivity index (χ0) is 10.1. The van der Waals surface area contributed by atoms with Gasteiger partial charge in [-0.05, 0) is 6.92 Å². The first kappa shape index (κ1) is 13.0. The van der Waals surface area contributed by atoms with Crippen molar-refractivity contribution in [1.29, 1.82) is 0 Å². The molecule has 0 saturated carbocycles. The second kappa shape index (κ2) is 7.48. The Morgan fingerprint density at radius 1 is 1.42 bits per heavy atom. The zero-order valence-electron chi connectivity index (χ0n) is 6.53. The Balaban J connectivity index is 0. The van der Waals surface area contributed by atoms with Crippen molar-refractivity contribution < 1.29 is 19.5 Å². The Bertz CT molecular complexity index is 176. The summed E-state index contributed by atoms with van der Waals surface area (Å²) < 4.78 is 0. The van der Waals surface area contributed by atoms with Crippen LogP contribution in [0.15, 0.2) is 0 Å². The molecule has 0 saturated heterocycles. The Morgan fingerprint density at radius 3 is 1.83 bits per heavy atom. The average molecular weight is 177 g/mol. The van der Waals surface area contributed by atoms with Crippen LogP contribution >= 0.6 is 0 Å². The van der Waals surface area contributed by atoms with E-state index in [1.807, 2.05) is 5.43 Å². The fourth-order valence-electron chi connectivity index (χ4n) is 0.277. The summed E-state index contributed by atoms with van der Waals surface area (Å²) in [5.41, 5.74) is 5.86. The van der Waals surface area contributed by atoms with E-state index in [2.05, 4.69) is 11.6 Å². The van der Waals surface area contributed by atoms with Gasteiger partial charge in [-0.3, -0.25) is 15.0 Å². The molecule has 2 amide bonds. The quantitative estimate of drug-likeness (QED) is 0.177. The number of Topliss-reactive ketones (excluding diaryl/α,β-unsaturated/α-hetero) is 1. The predicted octanol–water partition coefficient (Wildman–Crippen LogP) is -1.42. The molecule has 70 valence electrons. The molecule has 6 N–H and O–H groups in total. The van der Waals surface area contributed by atoms with Crippen molar-refractivity contribution in [2.75, 3.05) is 0 Å². The van der Waals surface area contributed by atoms with Crippen LogP contribution in [0.3, 0.4) is 0 Å². The Labute approximate surface area is 68.7 Å². The van der Waals surface area contributed by atoms with Crippen LogP contribution in [0.2, 0.25) is 0 Å². The van der Waals surface area contributed by atoms with Gasteiger partial charge < -0.3 is 10.8 Å². The summed E-state index contributed by atoms with van der Waals surface area (Å²) >= 11 is 0. The smallest absolute Gasteiger partial charge is 0.402 e. The van der Waals surface area contributed by atoms with Gasteiger partial charge >= 0.3 is 6.09 Å². The van der Waals surface area contributed by atoms with Crippen LogP contribution in [0, 0.1) is 0 Å². The number of carbonyl (C=O) groups is 3. The minimum Gasteiger partial charge on any atom is -0.465 e. The van der Waals surface area contributed by atoms with Crippen LogP contribution < -0.4 is 17.0 Å². The van der Waals surface area contributed by atoms with Gasteiger partial charge in [-0.25, -0.2) is 10.6 Å². The van der Waals surface area contributed by atoms with Crippen LogP contribution in [0.4, 0.5) is 4.79 Å². The standard InChI is InChI=1S/C4H8N2O2.CH3NO2/c1-3(7)2-4(8)6-5;2-1(3)4/h2,5H2,1H3,(H,6,8);2H2,(H,3,4). The summed E-state index contributed by atoms with van der Waals surface area (Å²) in [5, 5.41) is 7.19. The molecule has 12 heavy (non-hydrogen) atoms. The van der Waals surface area contributed by atoms with Gasteiger partial charge in [0, 0.05) is 0 Å². The summed E-state index contributed by atoms with van der Waals surface area (Å²) in [6.07, 6.45) is -1.46. The number of carboxylic acid groups (broad SMARTS) is 1. The van der Waals surface area contributed by atoms with E-state index in [-0.39, 0.29) is 12.2 Å². The summed E-state index contributed by atoms with van der Waals surface area (Å²) in [4.78, 5) is 29.0. The molecule has 7 heteroatoms. The Hall–Kier alpha value is -1.63. The van der Waals surface area contributed by atoms with Crippen LogP contribution in [0.5, 0.6) is 0 Å². The fourth-order valence-corrected chi connectivity index (χ4v) is 0.277. The lowest BCUT2D eigenvalue weighted by molar-refractivity contribution is -0.127. The number of rotatable bonds is 2. The number of hydrogen-bond acceptors (Lipinski definition) is 4. The second-order valence-electron chi connectivity index (χ2n) is 1.78. The van der Waals surface area contributed by atoms with Gasteiger partial charge in [0.15, 0.2) is 0 Å². The maximum atomic E-state index is 10.2. The number of hydrazine groups is 1. The van der Waals surface area contributed by atoms with Crippen molar-refractivity contribution in [3.8, 4) is 0 Å². The van der Waals surface area contributed by atoms with Crippen LogP contribution in [0.1, 0.15) is 13.3 Å². The molecule has 0 atom stereocenters. The van der Waals surface area contributed by atoms with E-state index < -0.39 is 12.0 Å². The summed E-state index contributed by atoms with van der Waals surface area (Å²) in [7, 11) is 0. The lowest BCUT2D eigenvalue weighted by atomic mass is 10.3. The van der Waals surface area contributed by atoms with Gasteiger partial charge in [0.25, 0.3) is 0 Å². The van der Waals surface area contributed by atoms with Gasteiger partial charge in [-0.1, -0.05) is 0 Å². The Kier molecular flexibility index (Phi) is 8.10. The first-order chi connectivity index (χ1) is 5.40. The highest BCUT2D eigenvalue weighted by Gasteiger charge is 1.99. The highest BCUT2D eigenvalue weighted by atomic mass is 16.4. The maximum Gasteiger partial charge on any atom is 0.402 e. The van der Waals surface area contributed by atoms with Crippen molar-refractivity contribution in [1.82, 2.24) is 5.43 Å². The first-order valence-electron chi connectivity index (χ1n) is 2.87. The number of hydrogen-bond donors (Lipinski definition) is 4. The van der Waals surface area contributed by atoms with Crippen LogP contribution in [-0.2, 0) is 9.59 Å². The van der Waals surface area contributed by atoms with E-state index >= 15 is 0 Å². The van der Waals surface area contributed by atoms with Crippen LogP contribution in [0.25, 0.3) is 0 Å². The normalized spacial score (nSPS) is 7.50. The topological polar surface area (TPSA) is 136 Å². The van der Waals surface area contributed by atoms with E-state index in [1.54, 1.807) is 0 Å². The van der Waals surface area contributed by atoms with E-state index in [1.165, 1.54) is 6.92 Å². The largest absolute Gasteiger partial charge is 0.465 e. The highest BCUT2D eigenvalue weighted by molar-refractivity contribution is 5.96. The van der Waals surface area contributed by atoms with Crippen molar-refractivity contribution in [3.05, 3.63) is 0 Å². The van der Waals surface area contributed by atoms with Gasteiger partial charge in [-0.2, -0.15) is 0 Å². The molecular weight excluding hydrogens is 166 g/mol. The van der Waals surface area contributed by atoms with Crippen molar-refractivity contribution >= 4 is 17.8 Å². The molecule has 7 nitrogen and oxygen atoms in total. The second-order valence-corrected chi connectivity index (χ2v) is 1.78. The van der Waals surface area contributed by atoms with E-state index in [0.717, 1.165) is 0 Å². The zero-order valence-corrected chi connectivity index (χ0v) is 6.53. The lowest BCUT2D eigenvalue weighted by Crippen LogP contribution is -2.31. The fraction of sp³-hybridized carbons (Fsp3) is 0.400. The van der Waals surface area contributed by atoms with Gasteiger partial charge in [-0.15, -0.1) is 0 Å². The number of ketones is 1. The molecule has 0 heterocycles. The number of nitrogens with two attached hydrogens (primary N) is 2. The maximum absolute atomic E-state index is 10.2. The molecule has 0 rings (SSSR count). The molecule has 0 fully saturated rings. The minimum absolute atomic E-state index is 0.128. The molecular formula is C5H11N3O4. The molecule has 0 unspecified atom stereocenters. The molecule has 0 bridgehead atoms. The third kappa shape index (κ3) is 23.8. The van der Waals surface area contributed by atoms with Crippen molar-refractivity contribution in [3.63, 3.8) is 0 Å². The predicted molar refractivity (Wildman–Crippen MR) is 39.8 cm³/mol. The molecule has 0 aliphatic rings. The van der Waals surface area contributed by atoms with Gasteiger partial charge in [0.2, 0.25) is 5.91 Å². The lowest BCUT2D eigenvalue weighted by Gasteiger charge is -1.91. The minimum atomic E-state index is -1.33. The number of primary amides is 1. The van der Waals surface area contributed by atoms with Gasteiger partial charge in [0.1, 0.15) is 5.78 Å². The van der Waals surface area contributed by atoms with E-state index in [0.29, 0.717) is 0 Å². The summed E-state index contributed by atoms with van der Waals surface area (Å²) in [5.74, 6) is 4.03. The average Bonchev–Trinajstić information content (AvgIpc) is 1.84. The first-order valence-corrected chi connectivity index (χ1v) is 2.87. The number of nitrogens with one attached hydrogen (secondary N) is 1. The van der Waals surface area contributed by atoms with Crippen molar-refractivity contribution in [2.45, 2.75) is 13.3 Å². The third-order valence-electron chi connectivity index (χ3n) is 0.570. The molecule has 0 aliphatic carbocycles. The van der Waals surface area contributed by atoms with Crippen LogP contribution in [-0.4, -0.2) is 22.9 Å². The summed E-state index contributed by atoms with van der Waals surface area (Å²) in [6.45, 7) is 1.33. The molecule has 0 aromatic carbocycles. The molecule has 0 aliphatic heterocycles. The SMILES string of the molecule is CC(=O)CC(=O)NN.NC(=O)O. The van der Waals surface area contributed by atoms with E-state index in [9.17, 15) is 9.59 Å². The molecule has 0 aromatic rings. The number of carbonyl (C=O) groups excluding carboxylic acids is 2. The van der Waals surface area contributed by atoms with Crippen molar-refractivity contribution in [2.24, 2.45) is 11.6 Å². The highest BCUT2D eigenvalue weighted by Crippen LogP contribution is 1.77. The Morgan fingerprint density at radius 2 is 1.75 bits per heavy atom.